The second kappa shape index (κ2) is 9.41. The number of carbonyl (C=O) groups is 1. The Morgan fingerprint density at radius 3 is 2.48 bits per heavy atom. The van der Waals surface area contributed by atoms with Crippen LogP contribution in [0, 0.1) is 6.92 Å². The third-order valence-electron chi connectivity index (χ3n) is 4.95. The number of hydrogen-bond donors (Lipinski definition) is 1. The molecule has 156 valence electrons. The number of amides is 1. The summed E-state index contributed by atoms with van der Waals surface area (Å²) in [7, 11) is -3.57. The van der Waals surface area contributed by atoms with Crippen LogP contribution >= 0.6 is 0 Å². The van der Waals surface area contributed by atoms with Gasteiger partial charge < -0.3 is 10.1 Å². The summed E-state index contributed by atoms with van der Waals surface area (Å²) in [5.41, 5.74) is 1.48. The topological polar surface area (TPSA) is 75.7 Å². The normalized spacial score (nSPS) is 16.2. The molecule has 1 amide bonds. The van der Waals surface area contributed by atoms with Gasteiger partial charge in [-0.25, -0.2) is 8.42 Å². The molecule has 0 bridgehead atoms. The summed E-state index contributed by atoms with van der Waals surface area (Å²) in [5, 5.41) is 2.86. The number of nitrogens with one attached hydrogen (secondary N) is 1. The van der Waals surface area contributed by atoms with Crippen LogP contribution in [-0.4, -0.2) is 44.4 Å². The van der Waals surface area contributed by atoms with Gasteiger partial charge in [0.15, 0.2) is 0 Å². The van der Waals surface area contributed by atoms with Gasteiger partial charge in [-0.05, 0) is 57.0 Å². The number of hydrogen-bond acceptors (Lipinski definition) is 4. The summed E-state index contributed by atoms with van der Waals surface area (Å²) in [6, 6.07) is 13.7. The lowest BCUT2D eigenvalue weighted by molar-refractivity contribution is 0.0926. The Kier molecular flexibility index (Phi) is 6.92. The zero-order valence-electron chi connectivity index (χ0n) is 16.9. The van der Waals surface area contributed by atoms with Crippen LogP contribution in [0.4, 0.5) is 0 Å². The van der Waals surface area contributed by atoms with Gasteiger partial charge in [-0.1, -0.05) is 30.2 Å². The van der Waals surface area contributed by atoms with Crippen molar-refractivity contribution in [3.8, 4) is 5.75 Å². The fraction of sp³-hybridized carbons (Fsp3) is 0.409. The van der Waals surface area contributed by atoms with Crippen LogP contribution in [-0.2, 0) is 10.0 Å². The molecule has 7 heteroatoms. The van der Waals surface area contributed by atoms with Gasteiger partial charge in [0.2, 0.25) is 10.0 Å². The smallest absolute Gasteiger partial charge is 0.251 e. The molecule has 0 aliphatic carbocycles. The molecule has 1 N–H and O–H groups in total. The van der Waals surface area contributed by atoms with Crippen molar-refractivity contribution in [2.24, 2.45) is 0 Å². The highest BCUT2D eigenvalue weighted by Crippen LogP contribution is 2.21. The van der Waals surface area contributed by atoms with Gasteiger partial charge in [0.25, 0.3) is 5.91 Å². The molecule has 1 heterocycles. The van der Waals surface area contributed by atoms with Gasteiger partial charge in [-0.2, -0.15) is 4.31 Å². The van der Waals surface area contributed by atoms with Gasteiger partial charge in [-0.15, -0.1) is 0 Å². The summed E-state index contributed by atoms with van der Waals surface area (Å²) >= 11 is 0. The highest BCUT2D eigenvalue weighted by atomic mass is 32.2. The largest absolute Gasteiger partial charge is 0.491 e. The summed E-state index contributed by atoms with van der Waals surface area (Å²) < 4.78 is 32.9. The van der Waals surface area contributed by atoms with E-state index in [4.69, 9.17) is 4.74 Å². The van der Waals surface area contributed by atoms with E-state index in [1.165, 1.54) is 10.4 Å². The molecule has 2 aromatic carbocycles. The second-order valence-corrected chi connectivity index (χ2v) is 9.43. The van der Waals surface area contributed by atoms with E-state index >= 15 is 0 Å². The number of sulfonamides is 1. The van der Waals surface area contributed by atoms with Gasteiger partial charge in [0.1, 0.15) is 12.4 Å². The first-order chi connectivity index (χ1) is 13.9. The Balaban J connectivity index is 1.62. The van der Waals surface area contributed by atoms with E-state index in [0.717, 1.165) is 30.6 Å². The highest BCUT2D eigenvalue weighted by Gasteiger charge is 2.26. The van der Waals surface area contributed by atoms with Crippen molar-refractivity contribution in [2.75, 3.05) is 19.7 Å². The monoisotopic (exact) mass is 416 g/mol. The standard InChI is InChI=1S/C22H28N2O4S/c1-17-9-11-20(12-10-17)28-16-18(2)23-22(25)19-7-6-8-21(15-19)29(26,27)24-13-4-3-5-14-24/h6-12,15,18H,3-5,13-14,16H2,1-2H3,(H,23,25)/t18-/m1/s1. The van der Waals surface area contributed by atoms with E-state index in [0.29, 0.717) is 25.3 Å². The highest BCUT2D eigenvalue weighted by molar-refractivity contribution is 7.89. The Hall–Kier alpha value is -2.38. The molecule has 0 aromatic heterocycles. The van der Waals surface area contributed by atoms with Crippen LogP contribution in [0.25, 0.3) is 0 Å². The molecular formula is C22H28N2O4S. The van der Waals surface area contributed by atoms with Crippen molar-refractivity contribution < 1.29 is 17.9 Å². The van der Waals surface area contributed by atoms with Gasteiger partial charge >= 0.3 is 0 Å². The van der Waals surface area contributed by atoms with E-state index in [1.807, 2.05) is 38.1 Å². The number of benzene rings is 2. The zero-order chi connectivity index (χ0) is 20.9. The predicted octanol–water partition coefficient (Wildman–Crippen LogP) is 3.37. The second-order valence-electron chi connectivity index (χ2n) is 7.49. The van der Waals surface area contributed by atoms with Gasteiger partial charge in [0, 0.05) is 18.7 Å². The summed E-state index contributed by atoms with van der Waals surface area (Å²) in [4.78, 5) is 12.8. The molecule has 1 saturated heterocycles. The van der Waals surface area contributed by atoms with Crippen LogP contribution in [0.1, 0.15) is 42.1 Å². The molecule has 0 unspecified atom stereocenters. The van der Waals surface area contributed by atoms with Crippen LogP contribution in [0.3, 0.4) is 0 Å². The lowest BCUT2D eigenvalue weighted by atomic mass is 10.2. The van der Waals surface area contributed by atoms with E-state index in [2.05, 4.69) is 5.32 Å². The summed E-state index contributed by atoms with van der Waals surface area (Å²) in [6.45, 7) is 5.24. The van der Waals surface area contributed by atoms with E-state index in [-0.39, 0.29) is 16.8 Å². The van der Waals surface area contributed by atoms with Gasteiger partial charge in [-0.3, -0.25) is 4.79 Å². The van der Waals surface area contributed by atoms with Crippen LogP contribution in [0.15, 0.2) is 53.4 Å². The van der Waals surface area contributed by atoms with E-state index in [9.17, 15) is 13.2 Å². The molecule has 1 atom stereocenters. The molecule has 6 nitrogen and oxygen atoms in total. The molecule has 0 radical (unpaired) electrons. The predicted molar refractivity (Wildman–Crippen MR) is 113 cm³/mol. The summed E-state index contributed by atoms with van der Waals surface area (Å²) in [5.74, 6) is 0.423. The lowest BCUT2D eigenvalue weighted by Crippen LogP contribution is -2.37. The van der Waals surface area contributed by atoms with Gasteiger partial charge in [0.05, 0.1) is 10.9 Å². The first kappa shape index (κ1) is 21.3. The minimum Gasteiger partial charge on any atom is -0.491 e. The van der Waals surface area contributed by atoms with Crippen LogP contribution in [0.2, 0.25) is 0 Å². The van der Waals surface area contributed by atoms with E-state index in [1.54, 1.807) is 18.2 Å². The van der Waals surface area contributed by atoms with Crippen molar-refractivity contribution in [2.45, 2.75) is 44.0 Å². The molecule has 0 spiro atoms. The minimum absolute atomic E-state index is 0.163. The first-order valence-electron chi connectivity index (χ1n) is 9.97. The number of aryl methyl sites for hydroxylation is 1. The number of piperidine rings is 1. The van der Waals surface area contributed by atoms with Crippen molar-refractivity contribution in [1.82, 2.24) is 9.62 Å². The lowest BCUT2D eigenvalue weighted by Gasteiger charge is -2.26. The average Bonchev–Trinajstić information content (AvgIpc) is 2.74. The molecular weight excluding hydrogens is 388 g/mol. The molecule has 1 aliphatic heterocycles. The Bertz CT molecular complexity index is 936. The van der Waals surface area contributed by atoms with Crippen molar-refractivity contribution in [3.05, 3.63) is 59.7 Å². The quantitative estimate of drug-likeness (QED) is 0.751. The van der Waals surface area contributed by atoms with Crippen molar-refractivity contribution >= 4 is 15.9 Å². The number of rotatable bonds is 7. The fourth-order valence-electron chi connectivity index (χ4n) is 3.26. The Morgan fingerprint density at radius 1 is 1.10 bits per heavy atom. The van der Waals surface area contributed by atoms with E-state index < -0.39 is 10.0 Å². The summed E-state index contributed by atoms with van der Waals surface area (Å²) in [6.07, 6.45) is 2.80. The van der Waals surface area contributed by atoms with Crippen LogP contribution < -0.4 is 10.1 Å². The molecule has 2 aromatic rings. The third-order valence-corrected chi connectivity index (χ3v) is 6.84. The third kappa shape index (κ3) is 5.58. The number of nitrogens with zero attached hydrogens (tertiary/aromatic N) is 1. The maximum absolute atomic E-state index is 12.8. The van der Waals surface area contributed by atoms with Crippen molar-refractivity contribution in [1.29, 1.82) is 0 Å². The Labute approximate surface area is 172 Å². The zero-order valence-corrected chi connectivity index (χ0v) is 17.7. The fourth-order valence-corrected chi connectivity index (χ4v) is 4.82. The van der Waals surface area contributed by atoms with Crippen LogP contribution in [0.5, 0.6) is 5.75 Å². The minimum atomic E-state index is -3.57. The molecule has 1 fully saturated rings. The molecule has 0 saturated carbocycles. The molecule has 3 rings (SSSR count). The SMILES string of the molecule is Cc1ccc(OC[C@@H](C)NC(=O)c2cccc(S(=O)(=O)N3CCCCC3)c2)cc1. The average molecular weight is 417 g/mol. The maximum atomic E-state index is 12.8. The molecule has 1 aliphatic rings. The first-order valence-corrected chi connectivity index (χ1v) is 11.4. The number of carbonyl (C=O) groups excluding carboxylic acids is 1. The maximum Gasteiger partial charge on any atom is 0.251 e. The number of ether oxygens (including phenoxy) is 1. The van der Waals surface area contributed by atoms with Crippen molar-refractivity contribution in [3.63, 3.8) is 0 Å². The Morgan fingerprint density at radius 2 is 1.79 bits per heavy atom. The molecule has 29 heavy (non-hydrogen) atoms.